The van der Waals surface area contributed by atoms with E-state index in [0.717, 1.165) is 11.3 Å². The number of nitrogens with one attached hydrogen (secondary N) is 1. The summed E-state index contributed by atoms with van der Waals surface area (Å²) in [6, 6.07) is 14.7. The van der Waals surface area contributed by atoms with E-state index in [-0.39, 0.29) is 5.91 Å². The SMILES string of the molecule is COc1cccc(CC(=O)NCc2ccc(-c3ccco3)o2)c1. The van der Waals surface area contributed by atoms with Gasteiger partial charge in [0.1, 0.15) is 11.5 Å². The van der Waals surface area contributed by atoms with E-state index in [1.54, 1.807) is 19.4 Å². The van der Waals surface area contributed by atoms with Crippen LogP contribution >= 0.6 is 0 Å². The Balaban J connectivity index is 1.54. The number of methoxy groups -OCH3 is 1. The number of amides is 1. The van der Waals surface area contributed by atoms with Gasteiger partial charge in [-0.25, -0.2) is 0 Å². The molecule has 0 saturated heterocycles. The maximum atomic E-state index is 12.0. The van der Waals surface area contributed by atoms with E-state index < -0.39 is 0 Å². The molecule has 0 saturated carbocycles. The number of carbonyl (C=O) groups is 1. The van der Waals surface area contributed by atoms with Gasteiger partial charge >= 0.3 is 0 Å². The Hall–Kier alpha value is -2.95. The van der Waals surface area contributed by atoms with Crippen LogP contribution in [-0.2, 0) is 17.8 Å². The third-order valence-corrected chi connectivity index (χ3v) is 3.38. The molecular formula is C18H17NO4. The van der Waals surface area contributed by atoms with Crippen LogP contribution in [0, 0.1) is 0 Å². The minimum Gasteiger partial charge on any atom is -0.497 e. The van der Waals surface area contributed by atoms with Crippen molar-refractivity contribution in [2.45, 2.75) is 13.0 Å². The molecule has 0 unspecified atom stereocenters. The first-order valence-corrected chi connectivity index (χ1v) is 7.27. The quantitative estimate of drug-likeness (QED) is 0.757. The summed E-state index contributed by atoms with van der Waals surface area (Å²) in [6.07, 6.45) is 1.89. The molecule has 3 aromatic rings. The molecular weight excluding hydrogens is 294 g/mol. The van der Waals surface area contributed by atoms with Gasteiger partial charge in [-0.05, 0) is 42.0 Å². The van der Waals surface area contributed by atoms with E-state index in [9.17, 15) is 4.79 Å². The van der Waals surface area contributed by atoms with Crippen molar-refractivity contribution in [1.82, 2.24) is 5.32 Å². The number of carbonyl (C=O) groups excluding carboxylic acids is 1. The second-order valence-electron chi connectivity index (χ2n) is 5.05. The highest BCUT2D eigenvalue weighted by molar-refractivity contribution is 5.78. The first-order valence-electron chi connectivity index (χ1n) is 7.27. The molecule has 2 aromatic heterocycles. The highest BCUT2D eigenvalue weighted by atomic mass is 16.5. The summed E-state index contributed by atoms with van der Waals surface area (Å²) in [5.41, 5.74) is 0.901. The minimum absolute atomic E-state index is 0.0748. The molecule has 2 heterocycles. The average Bonchev–Trinajstić information content (AvgIpc) is 3.24. The standard InChI is InChI=1S/C18H17NO4/c1-21-14-5-2-4-13(10-14)11-18(20)19-12-15-7-8-17(23-15)16-6-3-9-22-16/h2-10H,11-12H2,1H3,(H,19,20). The Kier molecular flexibility index (Phi) is 4.47. The summed E-state index contributed by atoms with van der Waals surface area (Å²) in [5, 5.41) is 2.84. The van der Waals surface area contributed by atoms with Gasteiger partial charge in [0.15, 0.2) is 11.5 Å². The molecule has 0 aliphatic carbocycles. The Bertz CT molecular complexity index is 774. The summed E-state index contributed by atoms with van der Waals surface area (Å²) in [5.74, 6) is 2.65. The smallest absolute Gasteiger partial charge is 0.224 e. The molecule has 0 bridgehead atoms. The van der Waals surface area contributed by atoms with Gasteiger partial charge in [-0.1, -0.05) is 12.1 Å². The average molecular weight is 311 g/mol. The van der Waals surface area contributed by atoms with Gasteiger partial charge in [0.25, 0.3) is 0 Å². The first-order chi connectivity index (χ1) is 11.2. The molecule has 0 atom stereocenters. The Morgan fingerprint density at radius 1 is 1.13 bits per heavy atom. The Morgan fingerprint density at radius 3 is 2.83 bits per heavy atom. The number of hydrogen-bond donors (Lipinski definition) is 1. The lowest BCUT2D eigenvalue weighted by molar-refractivity contribution is -0.120. The van der Waals surface area contributed by atoms with Gasteiger partial charge < -0.3 is 18.9 Å². The van der Waals surface area contributed by atoms with Crippen LogP contribution < -0.4 is 10.1 Å². The largest absolute Gasteiger partial charge is 0.497 e. The minimum atomic E-state index is -0.0748. The van der Waals surface area contributed by atoms with Crippen LogP contribution in [0.25, 0.3) is 11.5 Å². The molecule has 5 heteroatoms. The molecule has 118 valence electrons. The van der Waals surface area contributed by atoms with Crippen molar-refractivity contribution in [2.24, 2.45) is 0 Å². The predicted molar refractivity (Wildman–Crippen MR) is 85.0 cm³/mol. The zero-order chi connectivity index (χ0) is 16.1. The van der Waals surface area contributed by atoms with Gasteiger partial charge in [-0.2, -0.15) is 0 Å². The zero-order valence-electron chi connectivity index (χ0n) is 12.7. The Morgan fingerprint density at radius 2 is 2.04 bits per heavy atom. The van der Waals surface area contributed by atoms with Gasteiger partial charge in [0.05, 0.1) is 26.3 Å². The number of rotatable bonds is 6. The van der Waals surface area contributed by atoms with E-state index in [0.29, 0.717) is 30.2 Å². The van der Waals surface area contributed by atoms with Crippen molar-refractivity contribution >= 4 is 5.91 Å². The second-order valence-corrected chi connectivity index (χ2v) is 5.05. The lowest BCUT2D eigenvalue weighted by Crippen LogP contribution is -2.24. The summed E-state index contributed by atoms with van der Waals surface area (Å²) >= 11 is 0. The third kappa shape index (κ3) is 3.83. The molecule has 0 fully saturated rings. The number of ether oxygens (including phenoxy) is 1. The first kappa shape index (κ1) is 15.0. The lowest BCUT2D eigenvalue weighted by atomic mass is 10.1. The van der Waals surface area contributed by atoms with Crippen LogP contribution in [-0.4, -0.2) is 13.0 Å². The van der Waals surface area contributed by atoms with E-state index >= 15 is 0 Å². The highest BCUT2D eigenvalue weighted by Crippen LogP contribution is 2.22. The fraction of sp³-hybridized carbons (Fsp3) is 0.167. The molecule has 0 aliphatic heterocycles. The molecule has 1 amide bonds. The highest BCUT2D eigenvalue weighted by Gasteiger charge is 2.09. The number of furan rings is 2. The maximum absolute atomic E-state index is 12.0. The molecule has 0 aliphatic rings. The van der Waals surface area contributed by atoms with Crippen molar-refractivity contribution in [3.05, 3.63) is 66.1 Å². The summed E-state index contributed by atoms with van der Waals surface area (Å²) < 4.78 is 16.1. The van der Waals surface area contributed by atoms with Crippen LogP contribution in [0.1, 0.15) is 11.3 Å². The summed E-state index contributed by atoms with van der Waals surface area (Å²) in [6.45, 7) is 0.337. The third-order valence-electron chi connectivity index (χ3n) is 3.38. The predicted octanol–water partition coefficient (Wildman–Crippen LogP) is 3.41. The lowest BCUT2D eigenvalue weighted by Gasteiger charge is -2.05. The summed E-state index contributed by atoms with van der Waals surface area (Å²) in [4.78, 5) is 12.0. The van der Waals surface area contributed by atoms with Crippen molar-refractivity contribution in [3.8, 4) is 17.3 Å². The van der Waals surface area contributed by atoms with Crippen molar-refractivity contribution < 1.29 is 18.4 Å². The molecule has 0 spiro atoms. The van der Waals surface area contributed by atoms with Gasteiger partial charge in [0, 0.05) is 0 Å². The molecule has 0 radical (unpaired) electrons. The molecule has 3 rings (SSSR count). The Labute approximate surface area is 133 Å². The van der Waals surface area contributed by atoms with Crippen LogP contribution in [0.2, 0.25) is 0 Å². The second kappa shape index (κ2) is 6.87. The molecule has 23 heavy (non-hydrogen) atoms. The summed E-state index contributed by atoms with van der Waals surface area (Å²) in [7, 11) is 1.60. The van der Waals surface area contributed by atoms with Crippen LogP contribution in [0.3, 0.4) is 0 Å². The van der Waals surface area contributed by atoms with E-state index in [2.05, 4.69) is 5.32 Å². The van der Waals surface area contributed by atoms with Crippen molar-refractivity contribution in [3.63, 3.8) is 0 Å². The van der Waals surface area contributed by atoms with Crippen LogP contribution in [0.15, 0.2) is 63.6 Å². The van der Waals surface area contributed by atoms with Crippen molar-refractivity contribution in [1.29, 1.82) is 0 Å². The monoisotopic (exact) mass is 311 g/mol. The van der Waals surface area contributed by atoms with Crippen LogP contribution in [0.5, 0.6) is 5.75 Å². The van der Waals surface area contributed by atoms with E-state index in [4.69, 9.17) is 13.6 Å². The normalized spacial score (nSPS) is 10.5. The molecule has 1 N–H and O–H groups in total. The van der Waals surface area contributed by atoms with E-state index in [1.807, 2.05) is 42.5 Å². The van der Waals surface area contributed by atoms with Crippen molar-refractivity contribution in [2.75, 3.05) is 7.11 Å². The van der Waals surface area contributed by atoms with Gasteiger partial charge in [-0.15, -0.1) is 0 Å². The van der Waals surface area contributed by atoms with E-state index in [1.165, 1.54) is 0 Å². The van der Waals surface area contributed by atoms with Crippen LogP contribution in [0.4, 0.5) is 0 Å². The maximum Gasteiger partial charge on any atom is 0.224 e. The number of benzene rings is 1. The number of hydrogen-bond acceptors (Lipinski definition) is 4. The van der Waals surface area contributed by atoms with Gasteiger partial charge in [-0.3, -0.25) is 4.79 Å². The fourth-order valence-electron chi connectivity index (χ4n) is 2.24. The fourth-order valence-corrected chi connectivity index (χ4v) is 2.24. The topological polar surface area (TPSA) is 64.6 Å². The zero-order valence-corrected chi connectivity index (χ0v) is 12.7. The molecule has 1 aromatic carbocycles. The van der Waals surface area contributed by atoms with Gasteiger partial charge in [0.2, 0.25) is 5.91 Å². The molecule has 5 nitrogen and oxygen atoms in total.